The molecule has 2 nitrogen and oxygen atoms in total. The average Bonchev–Trinajstić information content (AvgIpc) is 2.53. The summed E-state index contributed by atoms with van der Waals surface area (Å²) in [4.78, 5) is 0. The molecular weight excluding hydrogens is 222 g/mol. The Morgan fingerprint density at radius 3 is 2.61 bits per heavy atom. The largest absolute Gasteiger partial charge is 0.378 e. The molecular formula is C16H31NO. The van der Waals surface area contributed by atoms with E-state index in [-0.39, 0.29) is 0 Å². The molecule has 2 heteroatoms. The Labute approximate surface area is 113 Å². The highest BCUT2D eigenvalue weighted by Gasteiger charge is 2.49. The van der Waals surface area contributed by atoms with Gasteiger partial charge in [-0.25, -0.2) is 0 Å². The molecule has 0 amide bonds. The normalized spacial score (nSPS) is 40.0. The van der Waals surface area contributed by atoms with Crippen LogP contribution in [0.5, 0.6) is 0 Å². The molecule has 0 heterocycles. The fraction of sp³-hybridized carbons (Fsp3) is 1.00. The summed E-state index contributed by atoms with van der Waals surface area (Å²) >= 11 is 0. The van der Waals surface area contributed by atoms with Gasteiger partial charge in [-0.15, -0.1) is 0 Å². The standard InChI is InChI=1S/C16H31NO/c1-5-18-15-11-14(16(15,3)4)17-13-8-6-7-12(2)9-10-13/h12-15,17H,5-11H2,1-4H3. The van der Waals surface area contributed by atoms with Crippen LogP contribution in [-0.2, 0) is 4.74 Å². The summed E-state index contributed by atoms with van der Waals surface area (Å²) in [5, 5.41) is 3.91. The van der Waals surface area contributed by atoms with E-state index in [1.54, 1.807) is 0 Å². The smallest absolute Gasteiger partial charge is 0.0655 e. The molecule has 0 saturated heterocycles. The first-order valence-electron chi connectivity index (χ1n) is 7.91. The monoisotopic (exact) mass is 253 g/mol. The third-order valence-corrected chi connectivity index (χ3v) is 5.24. The van der Waals surface area contributed by atoms with Crippen LogP contribution in [0.2, 0.25) is 0 Å². The molecule has 0 radical (unpaired) electrons. The van der Waals surface area contributed by atoms with Crippen molar-refractivity contribution in [2.75, 3.05) is 6.61 Å². The van der Waals surface area contributed by atoms with Crippen LogP contribution < -0.4 is 5.32 Å². The Bertz CT molecular complexity index is 264. The summed E-state index contributed by atoms with van der Waals surface area (Å²) in [6.07, 6.45) is 8.63. The maximum absolute atomic E-state index is 5.81. The molecule has 0 bridgehead atoms. The summed E-state index contributed by atoms with van der Waals surface area (Å²) in [7, 11) is 0. The quantitative estimate of drug-likeness (QED) is 0.771. The van der Waals surface area contributed by atoms with Crippen molar-refractivity contribution in [3.8, 4) is 0 Å². The van der Waals surface area contributed by atoms with Crippen LogP contribution in [0.15, 0.2) is 0 Å². The summed E-state index contributed by atoms with van der Waals surface area (Å²) in [6.45, 7) is 10.1. The maximum Gasteiger partial charge on any atom is 0.0655 e. The Morgan fingerprint density at radius 2 is 1.94 bits per heavy atom. The molecule has 2 fully saturated rings. The number of ether oxygens (including phenoxy) is 1. The van der Waals surface area contributed by atoms with Crippen LogP contribution in [0.3, 0.4) is 0 Å². The molecule has 2 rings (SSSR count). The van der Waals surface area contributed by atoms with Crippen molar-refractivity contribution in [1.82, 2.24) is 5.32 Å². The first kappa shape index (κ1) is 14.3. The predicted molar refractivity (Wildman–Crippen MR) is 76.8 cm³/mol. The number of nitrogens with one attached hydrogen (secondary N) is 1. The van der Waals surface area contributed by atoms with E-state index in [1.807, 2.05) is 0 Å². The number of rotatable bonds is 4. The molecule has 2 saturated carbocycles. The highest BCUT2D eigenvalue weighted by atomic mass is 16.5. The van der Waals surface area contributed by atoms with Gasteiger partial charge in [-0.1, -0.05) is 33.6 Å². The van der Waals surface area contributed by atoms with Gasteiger partial charge in [-0.05, 0) is 38.5 Å². The Morgan fingerprint density at radius 1 is 1.17 bits per heavy atom. The molecule has 4 atom stereocenters. The highest BCUT2D eigenvalue weighted by molar-refractivity contribution is 5.03. The zero-order valence-corrected chi connectivity index (χ0v) is 12.7. The van der Waals surface area contributed by atoms with E-state index in [0.717, 1.165) is 18.6 Å². The lowest BCUT2D eigenvalue weighted by Crippen LogP contribution is -2.62. The molecule has 0 aromatic rings. The molecule has 4 unspecified atom stereocenters. The molecule has 0 aromatic heterocycles. The molecule has 18 heavy (non-hydrogen) atoms. The lowest BCUT2D eigenvalue weighted by atomic mass is 9.64. The maximum atomic E-state index is 5.81. The topological polar surface area (TPSA) is 21.3 Å². The van der Waals surface area contributed by atoms with Gasteiger partial charge in [0.25, 0.3) is 0 Å². The lowest BCUT2D eigenvalue weighted by Gasteiger charge is -2.53. The van der Waals surface area contributed by atoms with Crippen molar-refractivity contribution in [3.63, 3.8) is 0 Å². The van der Waals surface area contributed by atoms with E-state index < -0.39 is 0 Å². The van der Waals surface area contributed by atoms with Crippen molar-refractivity contribution < 1.29 is 4.74 Å². The SMILES string of the molecule is CCOC1CC(NC2CCCC(C)CC2)C1(C)C. The molecule has 0 aliphatic heterocycles. The van der Waals surface area contributed by atoms with Crippen LogP contribution >= 0.6 is 0 Å². The van der Waals surface area contributed by atoms with Gasteiger partial charge in [-0.2, -0.15) is 0 Å². The van der Waals surface area contributed by atoms with E-state index in [9.17, 15) is 0 Å². The van der Waals surface area contributed by atoms with Gasteiger partial charge in [0.1, 0.15) is 0 Å². The minimum Gasteiger partial charge on any atom is -0.378 e. The predicted octanol–water partition coefficient (Wildman–Crippen LogP) is 3.75. The molecule has 106 valence electrons. The van der Waals surface area contributed by atoms with Crippen molar-refractivity contribution in [1.29, 1.82) is 0 Å². The second kappa shape index (κ2) is 5.92. The van der Waals surface area contributed by atoms with E-state index in [2.05, 4.69) is 33.0 Å². The minimum atomic E-state index is 0.313. The molecule has 1 N–H and O–H groups in total. The van der Waals surface area contributed by atoms with Crippen molar-refractivity contribution >= 4 is 0 Å². The summed E-state index contributed by atoms with van der Waals surface area (Å²) in [5.74, 6) is 0.933. The van der Waals surface area contributed by atoms with Crippen molar-refractivity contribution in [2.45, 2.75) is 84.4 Å². The summed E-state index contributed by atoms with van der Waals surface area (Å²) in [5.41, 5.74) is 0.313. The van der Waals surface area contributed by atoms with Crippen LogP contribution in [0.25, 0.3) is 0 Å². The second-order valence-electron chi connectivity index (χ2n) is 7.03. The first-order valence-corrected chi connectivity index (χ1v) is 7.91. The molecule has 0 aromatic carbocycles. The van der Waals surface area contributed by atoms with E-state index in [4.69, 9.17) is 4.74 Å². The van der Waals surface area contributed by atoms with E-state index in [0.29, 0.717) is 17.6 Å². The third-order valence-electron chi connectivity index (χ3n) is 5.24. The van der Waals surface area contributed by atoms with Crippen LogP contribution in [0, 0.1) is 11.3 Å². The van der Waals surface area contributed by atoms with Gasteiger partial charge in [0.15, 0.2) is 0 Å². The van der Waals surface area contributed by atoms with Gasteiger partial charge >= 0.3 is 0 Å². The van der Waals surface area contributed by atoms with Crippen LogP contribution in [0.1, 0.15) is 66.2 Å². The number of hydrogen-bond acceptors (Lipinski definition) is 2. The van der Waals surface area contributed by atoms with Crippen molar-refractivity contribution in [2.24, 2.45) is 11.3 Å². The zero-order valence-electron chi connectivity index (χ0n) is 12.7. The van der Waals surface area contributed by atoms with Gasteiger partial charge < -0.3 is 10.1 Å². The number of hydrogen-bond donors (Lipinski definition) is 1. The lowest BCUT2D eigenvalue weighted by molar-refractivity contribution is -0.116. The van der Waals surface area contributed by atoms with Crippen LogP contribution in [-0.4, -0.2) is 24.8 Å². The Hall–Kier alpha value is -0.0800. The summed E-state index contributed by atoms with van der Waals surface area (Å²) in [6, 6.07) is 1.41. The fourth-order valence-electron chi connectivity index (χ4n) is 3.59. The third kappa shape index (κ3) is 3.08. The van der Waals surface area contributed by atoms with E-state index >= 15 is 0 Å². The van der Waals surface area contributed by atoms with Gasteiger partial charge in [0, 0.05) is 24.1 Å². The second-order valence-corrected chi connectivity index (χ2v) is 7.03. The Balaban J connectivity index is 1.80. The summed E-state index contributed by atoms with van der Waals surface area (Å²) < 4.78 is 5.81. The first-order chi connectivity index (χ1) is 8.54. The zero-order chi connectivity index (χ0) is 13.2. The van der Waals surface area contributed by atoms with Gasteiger partial charge in [0.2, 0.25) is 0 Å². The van der Waals surface area contributed by atoms with Gasteiger partial charge in [0.05, 0.1) is 6.10 Å². The van der Waals surface area contributed by atoms with Crippen molar-refractivity contribution in [3.05, 3.63) is 0 Å². The molecule has 0 spiro atoms. The molecule has 2 aliphatic carbocycles. The highest BCUT2D eigenvalue weighted by Crippen LogP contribution is 2.43. The van der Waals surface area contributed by atoms with Gasteiger partial charge in [-0.3, -0.25) is 0 Å². The minimum absolute atomic E-state index is 0.313. The Kier molecular flexibility index (Phi) is 4.71. The van der Waals surface area contributed by atoms with E-state index in [1.165, 1.54) is 38.5 Å². The molecule has 2 aliphatic rings. The van der Waals surface area contributed by atoms with Crippen LogP contribution in [0.4, 0.5) is 0 Å². The average molecular weight is 253 g/mol. The fourth-order valence-corrected chi connectivity index (χ4v) is 3.59.